The molecule has 0 radical (unpaired) electrons. The zero-order valence-electron chi connectivity index (χ0n) is 20.0. The molecule has 2 heterocycles. The van der Waals surface area contributed by atoms with Crippen LogP contribution >= 0.6 is 0 Å². The van der Waals surface area contributed by atoms with Crippen molar-refractivity contribution in [1.82, 2.24) is 14.6 Å². The first kappa shape index (κ1) is 24.7. The van der Waals surface area contributed by atoms with Gasteiger partial charge in [0.1, 0.15) is 15.6 Å². The molecular weight excluding hydrogens is 442 g/mol. The Labute approximate surface area is 194 Å². The number of fused-ring (bicyclic) bond motifs is 1. The molecular formula is C24H31N3O5S. The van der Waals surface area contributed by atoms with Gasteiger partial charge in [0.25, 0.3) is 0 Å². The van der Waals surface area contributed by atoms with Crippen molar-refractivity contribution in [2.45, 2.75) is 47.0 Å². The van der Waals surface area contributed by atoms with Crippen LogP contribution in [0.2, 0.25) is 0 Å². The first-order valence-electron chi connectivity index (χ1n) is 11.0. The van der Waals surface area contributed by atoms with Crippen LogP contribution < -0.4 is 4.74 Å². The predicted molar refractivity (Wildman–Crippen MR) is 128 cm³/mol. The molecule has 0 unspecified atom stereocenters. The summed E-state index contributed by atoms with van der Waals surface area (Å²) in [4.78, 5) is 17.2. The lowest BCUT2D eigenvalue weighted by Gasteiger charge is -2.15. The molecule has 1 aromatic carbocycles. The zero-order valence-corrected chi connectivity index (χ0v) is 20.8. The number of esters is 1. The molecule has 0 aliphatic rings. The Bertz CT molecular complexity index is 1260. The van der Waals surface area contributed by atoms with E-state index in [1.807, 2.05) is 39.8 Å². The van der Waals surface area contributed by atoms with Gasteiger partial charge in [-0.05, 0) is 62.1 Å². The maximum atomic E-state index is 12.5. The molecule has 0 atom stereocenters. The molecule has 0 saturated carbocycles. The summed E-state index contributed by atoms with van der Waals surface area (Å²) in [6.07, 6.45) is 3.30. The molecule has 0 aliphatic carbocycles. The number of rotatable bonds is 9. The molecule has 33 heavy (non-hydrogen) atoms. The number of carbonyl (C=O) groups is 1. The van der Waals surface area contributed by atoms with Gasteiger partial charge in [0.15, 0.2) is 11.5 Å². The lowest BCUT2D eigenvalue weighted by atomic mass is 9.95. The summed E-state index contributed by atoms with van der Waals surface area (Å²) in [6, 6.07) is 5.63. The van der Waals surface area contributed by atoms with Gasteiger partial charge >= 0.3 is 5.97 Å². The van der Waals surface area contributed by atoms with Crippen molar-refractivity contribution >= 4 is 21.5 Å². The molecule has 0 aliphatic heterocycles. The maximum Gasteiger partial charge on any atom is 0.339 e. The van der Waals surface area contributed by atoms with E-state index in [0.717, 1.165) is 22.3 Å². The van der Waals surface area contributed by atoms with Crippen LogP contribution in [-0.4, -0.2) is 54.2 Å². The number of aromatic nitrogens is 3. The molecule has 3 aromatic rings. The Hall–Kier alpha value is -2.94. The molecule has 0 fully saturated rings. The van der Waals surface area contributed by atoms with Crippen LogP contribution in [0.1, 0.15) is 60.4 Å². The van der Waals surface area contributed by atoms with Gasteiger partial charge in [0.05, 0.1) is 24.5 Å². The third-order valence-corrected chi connectivity index (χ3v) is 6.21. The van der Waals surface area contributed by atoms with Gasteiger partial charge in [-0.2, -0.15) is 5.10 Å². The number of hydrogen-bond donors (Lipinski definition) is 0. The van der Waals surface area contributed by atoms with E-state index in [9.17, 15) is 13.2 Å². The lowest BCUT2D eigenvalue weighted by molar-refractivity contribution is 0.0525. The Kier molecular flexibility index (Phi) is 7.41. The quantitative estimate of drug-likeness (QED) is 0.340. The van der Waals surface area contributed by atoms with Gasteiger partial charge in [-0.1, -0.05) is 13.8 Å². The highest BCUT2D eigenvalue weighted by Gasteiger charge is 2.20. The normalized spacial score (nSPS) is 11.8. The summed E-state index contributed by atoms with van der Waals surface area (Å²) >= 11 is 0. The number of sulfone groups is 1. The second-order valence-corrected chi connectivity index (χ2v) is 10.8. The first-order chi connectivity index (χ1) is 15.5. The molecule has 0 saturated heterocycles. The minimum atomic E-state index is -3.01. The van der Waals surface area contributed by atoms with E-state index >= 15 is 0 Å². The molecule has 0 N–H and O–H groups in total. The smallest absolute Gasteiger partial charge is 0.339 e. The molecule has 178 valence electrons. The SMILES string of the molecule is CCOC(=O)c1cc(-c2c(C)cc(OCCCS(C)(=O)=O)cc2C)c2nc(C(C)C)nn2c1. The van der Waals surface area contributed by atoms with E-state index in [4.69, 9.17) is 14.5 Å². The maximum absolute atomic E-state index is 12.5. The fraction of sp³-hybridized carbons (Fsp3) is 0.458. The van der Waals surface area contributed by atoms with Crippen molar-refractivity contribution in [3.8, 4) is 16.9 Å². The summed E-state index contributed by atoms with van der Waals surface area (Å²) in [6.45, 7) is 10.4. The average Bonchev–Trinajstić information content (AvgIpc) is 3.15. The number of hydrogen-bond acceptors (Lipinski definition) is 7. The lowest BCUT2D eigenvalue weighted by Crippen LogP contribution is -2.08. The fourth-order valence-electron chi connectivity index (χ4n) is 3.70. The fourth-order valence-corrected chi connectivity index (χ4v) is 4.34. The topological polar surface area (TPSA) is 99.9 Å². The third kappa shape index (κ3) is 5.90. The van der Waals surface area contributed by atoms with Gasteiger partial charge in [-0.25, -0.2) is 22.7 Å². The van der Waals surface area contributed by atoms with Gasteiger partial charge < -0.3 is 9.47 Å². The van der Waals surface area contributed by atoms with E-state index in [2.05, 4.69) is 5.10 Å². The van der Waals surface area contributed by atoms with E-state index in [1.165, 1.54) is 6.26 Å². The Morgan fingerprint density at radius 3 is 2.39 bits per heavy atom. The second kappa shape index (κ2) is 9.91. The molecule has 0 spiro atoms. The Balaban J connectivity index is 2.04. The summed E-state index contributed by atoms with van der Waals surface area (Å²) in [5.74, 6) is 1.17. The molecule has 2 aromatic heterocycles. The second-order valence-electron chi connectivity index (χ2n) is 8.52. The van der Waals surface area contributed by atoms with Gasteiger partial charge in [0, 0.05) is 23.9 Å². The Morgan fingerprint density at radius 1 is 1.15 bits per heavy atom. The van der Waals surface area contributed by atoms with Crippen molar-refractivity contribution in [3.05, 3.63) is 46.9 Å². The molecule has 0 amide bonds. The number of nitrogens with zero attached hydrogens (tertiary/aromatic N) is 3. The van der Waals surface area contributed by atoms with Crippen LogP contribution in [0.5, 0.6) is 5.75 Å². The van der Waals surface area contributed by atoms with Crippen molar-refractivity contribution < 1.29 is 22.7 Å². The van der Waals surface area contributed by atoms with Crippen molar-refractivity contribution in [2.75, 3.05) is 25.2 Å². The predicted octanol–water partition coefficient (Wildman–Crippen LogP) is 4.13. The molecule has 8 nitrogen and oxygen atoms in total. The summed E-state index contributed by atoms with van der Waals surface area (Å²) in [5, 5.41) is 4.57. The van der Waals surface area contributed by atoms with Gasteiger partial charge in [-0.3, -0.25) is 0 Å². The highest BCUT2D eigenvalue weighted by molar-refractivity contribution is 7.90. The first-order valence-corrected chi connectivity index (χ1v) is 13.1. The minimum Gasteiger partial charge on any atom is -0.494 e. The highest BCUT2D eigenvalue weighted by atomic mass is 32.2. The molecule has 0 bridgehead atoms. The van der Waals surface area contributed by atoms with E-state index in [1.54, 1.807) is 23.7 Å². The van der Waals surface area contributed by atoms with Crippen molar-refractivity contribution in [1.29, 1.82) is 0 Å². The summed E-state index contributed by atoms with van der Waals surface area (Å²) in [7, 11) is -3.01. The highest BCUT2D eigenvalue weighted by Crippen LogP contribution is 2.34. The monoisotopic (exact) mass is 473 g/mol. The van der Waals surface area contributed by atoms with E-state index in [0.29, 0.717) is 35.8 Å². The minimum absolute atomic E-state index is 0.0900. The zero-order chi connectivity index (χ0) is 24.3. The average molecular weight is 474 g/mol. The van der Waals surface area contributed by atoms with E-state index in [-0.39, 0.29) is 18.3 Å². The third-order valence-electron chi connectivity index (χ3n) is 5.18. The number of aryl methyl sites for hydroxylation is 2. The Morgan fingerprint density at radius 2 is 1.82 bits per heavy atom. The van der Waals surface area contributed by atoms with Crippen LogP contribution in [0.3, 0.4) is 0 Å². The van der Waals surface area contributed by atoms with Crippen molar-refractivity contribution in [3.63, 3.8) is 0 Å². The summed E-state index contributed by atoms with van der Waals surface area (Å²) in [5.41, 5.74) is 4.70. The number of pyridine rings is 1. The largest absolute Gasteiger partial charge is 0.494 e. The van der Waals surface area contributed by atoms with Crippen LogP contribution in [-0.2, 0) is 14.6 Å². The van der Waals surface area contributed by atoms with Crippen molar-refractivity contribution in [2.24, 2.45) is 0 Å². The summed E-state index contributed by atoms with van der Waals surface area (Å²) < 4.78 is 35.3. The van der Waals surface area contributed by atoms with Crippen LogP contribution in [0.15, 0.2) is 24.4 Å². The van der Waals surface area contributed by atoms with Crippen LogP contribution in [0.4, 0.5) is 0 Å². The number of benzene rings is 1. The standard InChI is InChI=1S/C24H31N3O5S/c1-7-31-24(28)18-13-20(23-25-22(15(2)3)26-27(23)14-18)21-16(4)11-19(12-17(21)5)32-9-8-10-33(6,29)30/h11-15H,7-10H2,1-6H3. The van der Waals surface area contributed by atoms with E-state index < -0.39 is 15.8 Å². The molecule has 3 rings (SSSR count). The van der Waals surface area contributed by atoms with Crippen LogP contribution in [0, 0.1) is 13.8 Å². The number of ether oxygens (including phenoxy) is 2. The molecule has 9 heteroatoms. The van der Waals surface area contributed by atoms with Gasteiger partial charge in [0.2, 0.25) is 0 Å². The van der Waals surface area contributed by atoms with Gasteiger partial charge in [-0.15, -0.1) is 0 Å². The number of carbonyl (C=O) groups excluding carboxylic acids is 1. The van der Waals surface area contributed by atoms with Crippen LogP contribution in [0.25, 0.3) is 16.8 Å².